The van der Waals surface area contributed by atoms with Crippen molar-refractivity contribution in [3.05, 3.63) is 33.9 Å². The van der Waals surface area contributed by atoms with Crippen molar-refractivity contribution in [2.45, 2.75) is 44.8 Å². The molecule has 0 radical (unpaired) electrons. The molecule has 0 aromatic heterocycles. The summed E-state index contributed by atoms with van der Waals surface area (Å²) < 4.78 is 38.8. The molecule has 2 fully saturated rings. The van der Waals surface area contributed by atoms with E-state index in [1.165, 1.54) is 0 Å². The van der Waals surface area contributed by atoms with E-state index in [1.54, 1.807) is 21.6 Å². The lowest BCUT2D eigenvalue weighted by atomic mass is 10.00. The summed E-state index contributed by atoms with van der Waals surface area (Å²) in [6.07, 6.45) is -2.01. The van der Waals surface area contributed by atoms with Gasteiger partial charge in [0.2, 0.25) is 11.8 Å². The molecule has 2 saturated heterocycles. The van der Waals surface area contributed by atoms with Crippen LogP contribution in [0.25, 0.3) is 0 Å². The van der Waals surface area contributed by atoms with Crippen LogP contribution in [0.1, 0.15) is 38.2 Å². The molecule has 1 unspecified atom stereocenters. The number of benzene rings is 1. The maximum atomic E-state index is 13.0. The molecule has 1 aromatic carbocycles. The predicted octanol–water partition coefficient (Wildman–Crippen LogP) is 3.05. The number of carbonyl (C=O) groups is 2. The second kappa shape index (κ2) is 9.11. The van der Waals surface area contributed by atoms with E-state index < -0.39 is 28.4 Å². The van der Waals surface area contributed by atoms with Crippen molar-refractivity contribution >= 4 is 23.2 Å². The van der Waals surface area contributed by atoms with E-state index in [0.29, 0.717) is 25.5 Å². The number of nitrogens with zero attached hydrogens (tertiary/aromatic N) is 4. The van der Waals surface area contributed by atoms with Crippen molar-refractivity contribution in [1.82, 2.24) is 9.80 Å². The highest BCUT2D eigenvalue weighted by atomic mass is 19.4. The minimum Gasteiger partial charge on any atom is -0.362 e. The summed E-state index contributed by atoms with van der Waals surface area (Å²) in [5, 5.41) is 11.4. The number of amides is 2. The number of piperazine rings is 1. The molecular formula is C20H25F3N4O4. The Morgan fingerprint density at radius 3 is 2.39 bits per heavy atom. The van der Waals surface area contributed by atoms with Gasteiger partial charge in [-0.3, -0.25) is 19.7 Å². The second-order valence-electron chi connectivity index (χ2n) is 7.72. The largest absolute Gasteiger partial charge is 0.416 e. The van der Waals surface area contributed by atoms with Crippen LogP contribution in [0.4, 0.5) is 24.5 Å². The van der Waals surface area contributed by atoms with E-state index in [4.69, 9.17) is 0 Å². The Morgan fingerprint density at radius 1 is 1.13 bits per heavy atom. The second-order valence-corrected chi connectivity index (χ2v) is 7.72. The lowest BCUT2D eigenvalue weighted by Gasteiger charge is -2.41. The van der Waals surface area contributed by atoms with Crippen LogP contribution in [-0.2, 0) is 15.8 Å². The number of anilines is 1. The molecule has 2 aliphatic rings. The fourth-order valence-electron chi connectivity index (χ4n) is 4.18. The molecule has 0 spiro atoms. The number of nitro groups is 1. The third kappa shape index (κ3) is 4.91. The Bertz CT molecular complexity index is 853. The topological polar surface area (TPSA) is 87.0 Å². The SMILES string of the molecule is CCC(=O)N1CCCCC1C(=O)N1CCN(c2ccc(C(F)(F)F)cc2[N+](=O)[O-])CC1. The van der Waals surface area contributed by atoms with Crippen LogP contribution in [0.3, 0.4) is 0 Å². The average molecular weight is 442 g/mol. The van der Waals surface area contributed by atoms with Gasteiger partial charge in [0.25, 0.3) is 5.69 Å². The van der Waals surface area contributed by atoms with Gasteiger partial charge < -0.3 is 14.7 Å². The highest BCUT2D eigenvalue weighted by Gasteiger charge is 2.37. The van der Waals surface area contributed by atoms with Crippen molar-refractivity contribution in [3.63, 3.8) is 0 Å². The van der Waals surface area contributed by atoms with Gasteiger partial charge in [0.1, 0.15) is 11.7 Å². The van der Waals surface area contributed by atoms with E-state index in [-0.39, 0.29) is 43.7 Å². The summed E-state index contributed by atoms with van der Waals surface area (Å²) in [7, 11) is 0. The zero-order valence-corrected chi connectivity index (χ0v) is 17.2. The van der Waals surface area contributed by atoms with Crippen LogP contribution in [0.5, 0.6) is 0 Å². The quantitative estimate of drug-likeness (QED) is 0.528. The Balaban J connectivity index is 1.71. The molecule has 2 heterocycles. The lowest BCUT2D eigenvalue weighted by molar-refractivity contribution is -0.384. The summed E-state index contributed by atoms with van der Waals surface area (Å²) in [5.74, 6) is -0.194. The molecule has 11 heteroatoms. The number of hydrogen-bond acceptors (Lipinski definition) is 5. The monoisotopic (exact) mass is 442 g/mol. The average Bonchev–Trinajstić information content (AvgIpc) is 2.77. The van der Waals surface area contributed by atoms with Gasteiger partial charge in [0, 0.05) is 45.2 Å². The standard InChI is InChI=1S/C20H25F3N4O4/c1-2-18(28)26-8-4-3-5-16(26)19(29)25-11-9-24(10-12-25)15-7-6-14(20(21,22)23)13-17(15)27(30)31/h6-7,13,16H,2-5,8-12H2,1H3. The Labute approximate surface area is 177 Å². The van der Waals surface area contributed by atoms with Gasteiger partial charge in [0.15, 0.2) is 0 Å². The van der Waals surface area contributed by atoms with E-state index >= 15 is 0 Å². The van der Waals surface area contributed by atoms with Crippen molar-refractivity contribution < 1.29 is 27.7 Å². The molecule has 2 amide bonds. The van der Waals surface area contributed by atoms with Crippen LogP contribution < -0.4 is 4.90 Å². The van der Waals surface area contributed by atoms with Crippen LogP contribution >= 0.6 is 0 Å². The molecule has 1 atom stereocenters. The van der Waals surface area contributed by atoms with Crippen LogP contribution in [0.15, 0.2) is 18.2 Å². The lowest BCUT2D eigenvalue weighted by Crippen LogP contribution is -2.57. The minimum atomic E-state index is -4.67. The molecule has 0 bridgehead atoms. The van der Waals surface area contributed by atoms with Gasteiger partial charge in [-0.15, -0.1) is 0 Å². The first-order valence-electron chi connectivity index (χ1n) is 10.3. The number of nitro benzene ring substituents is 1. The predicted molar refractivity (Wildman–Crippen MR) is 107 cm³/mol. The van der Waals surface area contributed by atoms with Crippen molar-refractivity contribution in [3.8, 4) is 0 Å². The molecule has 3 rings (SSSR count). The van der Waals surface area contributed by atoms with E-state index in [1.807, 2.05) is 0 Å². The van der Waals surface area contributed by atoms with Gasteiger partial charge in [-0.2, -0.15) is 13.2 Å². The molecule has 0 saturated carbocycles. The van der Waals surface area contributed by atoms with Crippen LogP contribution in [0, 0.1) is 10.1 Å². The Morgan fingerprint density at radius 2 is 1.81 bits per heavy atom. The number of piperidine rings is 1. The third-order valence-electron chi connectivity index (χ3n) is 5.84. The summed E-state index contributed by atoms with van der Waals surface area (Å²) in [6, 6.07) is 1.99. The van der Waals surface area contributed by atoms with Crippen LogP contribution in [0.2, 0.25) is 0 Å². The number of hydrogen-bond donors (Lipinski definition) is 0. The molecule has 8 nitrogen and oxygen atoms in total. The van der Waals surface area contributed by atoms with Gasteiger partial charge in [-0.1, -0.05) is 6.92 Å². The van der Waals surface area contributed by atoms with Gasteiger partial charge in [0.05, 0.1) is 10.5 Å². The van der Waals surface area contributed by atoms with E-state index in [2.05, 4.69) is 0 Å². The smallest absolute Gasteiger partial charge is 0.362 e. The normalized spacial score (nSPS) is 20.0. The van der Waals surface area contributed by atoms with E-state index in [0.717, 1.165) is 25.0 Å². The maximum absolute atomic E-state index is 13.0. The highest BCUT2D eigenvalue weighted by Crippen LogP contribution is 2.36. The number of carbonyl (C=O) groups excluding carboxylic acids is 2. The zero-order valence-electron chi connectivity index (χ0n) is 17.2. The summed E-state index contributed by atoms with van der Waals surface area (Å²) in [6.45, 7) is 3.39. The van der Waals surface area contributed by atoms with Gasteiger partial charge >= 0.3 is 6.18 Å². The summed E-state index contributed by atoms with van der Waals surface area (Å²) >= 11 is 0. The highest BCUT2D eigenvalue weighted by molar-refractivity contribution is 5.88. The first-order valence-corrected chi connectivity index (χ1v) is 10.3. The summed E-state index contributed by atoms with van der Waals surface area (Å²) in [5.41, 5.74) is -1.58. The summed E-state index contributed by atoms with van der Waals surface area (Å²) in [4.78, 5) is 40.7. The molecule has 170 valence electrons. The van der Waals surface area contributed by atoms with Gasteiger partial charge in [-0.05, 0) is 31.4 Å². The molecule has 0 N–H and O–H groups in total. The number of alkyl halides is 3. The van der Waals surface area contributed by atoms with Gasteiger partial charge in [-0.25, -0.2) is 0 Å². The van der Waals surface area contributed by atoms with Crippen LogP contribution in [-0.4, -0.2) is 65.3 Å². The van der Waals surface area contributed by atoms with Crippen molar-refractivity contribution in [1.29, 1.82) is 0 Å². The number of halogens is 3. The Kier molecular flexibility index (Phi) is 6.71. The maximum Gasteiger partial charge on any atom is 0.416 e. The minimum absolute atomic E-state index is 0.0583. The molecule has 2 aliphatic heterocycles. The first-order chi connectivity index (χ1) is 14.6. The van der Waals surface area contributed by atoms with E-state index in [9.17, 15) is 32.9 Å². The number of likely N-dealkylation sites (tertiary alicyclic amines) is 1. The van der Waals surface area contributed by atoms with Crippen molar-refractivity contribution in [2.75, 3.05) is 37.6 Å². The fourth-order valence-corrected chi connectivity index (χ4v) is 4.18. The third-order valence-corrected chi connectivity index (χ3v) is 5.84. The number of rotatable bonds is 4. The molecule has 0 aliphatic carbocycles. The Hall–Kier alpha value is -2.85. The molecular weight excluding hydrogens is 417 g/mol. The fraction of sp³-hybridized carbons (Fsp3) is 0.600. The molecule has 31 heavy (non-hydrogen) atoms. The molecule has 1 aromatic rings. The van der Waals surface area contributed by atoms with Crippen molar-refractivity contribution in [2.24, 2.45) is 0 Å². The first kappa shape index (κ1) is 22.8. The zero-order chi connectivity index (χ0) is 22.8.